The van der Waals surface area contributed by atoms with Crippen molar-refractivity contribution < 1.29 is 9.53 Å². The maximum Gasteiger partial charge on any atom is 0.314 e. The van der Waals surface area contributed by atoms with Crippen molar-refractivity contribution in [1.29, 1.82) is 0 Å². The number of aryl methyl sites for hydroxylation is 1. The van der Waals surface area contributed by atoms with Gasteiger partial charge in [-0.15, -0.1) is 0 Å². The standard InChI is InChI=1S/C18H21NO2/c1-3-15(12-14-6-8-16(19)9-7-14)18(20)21-17-10-4-13(2)5-11-17/h4-11,15H,3,12,19H2,1-2H3. The zero-order valence-electron chi connectivity index (χ0n) is 12.5. The van der Waals surface area contributed by atoms with E-state index in [1.807, 2.05) is 62.4 Å². The van der Waals surface area contributed by atoms with Crippen molar-refractivity contribution in [3.63, 3.8) is 0 Å². The summed E-state index contributed by atoms with van der Waals surface area (Å²) in [7, 11) is 0. The van der Waals surface area contributed by atoms with Gasteiger partial charge in [-0.1, -0.05) is 36.8 Å². The number of benzene rings is 2. The second-order valence-corrected chi connectivity index (χ2v) is 5.29. The summed E-state index contributed by atoms with van der Waals surface area (Å²) in [5.41, 5.74) is 8.64. The van der Waals surface area contributed by atoms with Gasteiger partial charge in [0.05, 0.1) is 5.92 Å². The van der Waals surface area contributed by atoms with Crippen LogP contribution in [0.4, 0.5) is 5.69 Å². The number of carbonyl (C=O) groups excluding carboxylic acids is 1. The number of nitrogens with two attached hydrogens (primary N) is 1. The molecule has 2 aromatic carbocycles. The number of carbonyl (C=O) groups is 1. The van der Waals surface area contributed by atoms with Crippen LogP contribution in [0.15, 0.2) is 48.5 Å². The molecule has 0 bridgehead atoms. The number of anilines is 1. The number of nitrogen functional groups attached to an aromatic ring is 1. The van der Waals surface area contributed by atoms with E-state index >= 15 is 0 Å². The summed E-state index contributed by atoms with van der Waals surface area (Å²) in [5, 5.41) is 0. The molecule has 0 heterocycles. The molecule has 0 spiro atoms. The van der Waals surface area contributed by atoms with Gasteiger partial charge in [-0.2, -0.15) is 0 Å². The van der Waals surface area contributed by atoms with Gasteiger partial charge in [0.1, 0.15) is 5.75 Å². The van der Waals surface area contributed by atoms with Crippen LogP contribution >= 0.6 is 0 Å². The Bertz CT molecular complexity index is 588. The Balaban J connectivity index is 2.01. The first kappa shape index (κ1) is 15.1. The van der Waals surface area contributed by atoms with Crippen LogP contribution in [0, 0.1) is 12.8 Å². The van der Waals surface area contributed by atoms with Crippen molar-refractivity contribution in [2.24, 2.45) is 5.92 Å². The molecule has 110 valence electrons. The molecule has 3 nitrogen and oxygen atoms in total. The highest BCUT2D eigenvalue weighted by molar-refractivity contribution is 5.75. The van der Waals surface area contributed by atoms with E-state index in [9.17, 15) is 4.79 Å². The van der Waals surface area contributed by atoms with Crippen LogP contribution in [0.25, 0.3) is 0 Å². The lowest BCUT2D eigenvalue weighted by Crippen LogP contribution is -2.22. The minimum absolute atomic E-state index is 0.144. The summed E-state index contributed by atoms with van der Waals surface area (Å²) < 4.78 is 5.45. The molecule has 0 aromatic heterocycles. The Hall–Kier alpha value is -2.29. The van der Waals surface area contributed by atoms with Crippen LogP contribution in [-0.2, 0) is 11.2 Å². The molecule has 2 N–H and O–H groups in total. The topological polar surface area (TPSA) is 52.3 Å². The molecular weight excluding hydrogens is 262 g/mol. The van der Waals surface area contributed by atoms with Crippen LogP contribution < -0.4 is 10.5 Å². The van der Waals surface area contributed by atoms with Crippen molar-refractivity contribution in [3.8, 4) is 5.75 Å². The van der Waals surface area contributed by atoms with Gasteiger partial charge < -0.3 is 10.5 Å². The predicted molar refractivity (Wildman–Crippen MR) is 85.2 cm³/mol. The van der Waals surface area contributed by atoms with Crippen LogP contribution in [0.3, 0.4) is 0 Å². The predicted octanol–water partition coefficient (Wildman–Crippen LogP) is 3.75. The number of hydrogen-bond acceptors (Lipinski definition) is 3. The average molecular weight is 283 g/mol. The summed E-state index contributed by atoms with van der Waals surface area (Å²) in [6, 6.07) is 15.1. The molecule has 3 heteroatoms. The molecule has 0 aliphatic carbocycles. The molecule has 2 aromatic rings. The normalized spacial score (nSPS) is 11.9. The molecular formula is C18H21NO2. The summed E-state index contributed by atoms with van der Waals surface area (Å²) >= 11 is 0. The van der Waals surface area contributed by atoms with Gasteiger partial charge in [0.15, 0.2) is 0 Å². The summed E-state index contributed by atoms with van der Waals surface area (Å²) in [6.45, 7) is 4.00. The first-order valence-electron chi connectivity index (χ1n) is 7.21. The van der Waals surface area contributed by atoms with Crippen molar-refractivity contribution in [2.75, 3.05) is 5.73 Å². The number of esters is 1. The fraction of sp³-hybridized carbons (Fsp3) is 0.278. The van der Waals surface area contributed by atoms with Gasteiger partial charge >= 0.3 is 5.97 Å². The van der Waals surface area contributed by atoms with E-state index in [4.69, 9.17) is 10.5 Å². The van der Waals surface area contributed by atoms with Crippen LogP contribution in [0.1, 0.15) is 24.5 Å². The van der Waals surface area contributed by atoms with E-state index in [2.05, 4.69) is 0 Å². The van der Waals surface area contributed by atoms with Gasteiger partial charge in [-0.05, 0) is 49.6 Å². The van der Waals surface area contributed by atoms with Gasteiger partial charge in [0.2, 0.25) is 0 Å². The first-order chi connectivity index (χ1) is 10.1. The Kier molecular flexibility index (Phi) is 4.99. The molecule has 0 saturated carbocycles. The maximum absolute atomic E-state index is 12.3. The lowest BCUT2D eigenvalue weighted by Gasteiger charge is -2.14. The summed E-state index contributed by atoms with van der Waals surface area (Å²) in [6.07, 6.45) is 1.41. The Morgan fingerprint density at radius 3 is 2.29 bits per heavy atom. The van der Waals surface area contributed by atoms with E-state index in [1.165, 1.54) is 0 Å². The molecule has 0 aliphatic rings. The SMILES string of the molecule is CCC(Cc1ccc(N)cc1)C(=O)Oc1ccc(C)cc1. The number of ether oxygens (including phenoxy) is 1. The van der Waals surface area contributed by atoms with E-state index in [1.54, 1.807) is 0 Å². The Morgan fingerprint density at radius 2 is 1.71 bits per heavy atom. The molecule has 0 saturated heterocycles. The average Bonchev–Trinajstić information content (AvgIpc) is 2.49. The molecule has 2 rings (SSSR count). The number of rotatable bonds is 5. The van der Waals surface area contributed by atoms with Crippen LogP contribution in [0.2, 0.25) is 0 Å². The van der Waals surface area contributed by atoms with Crippen molar-refractivity contribution >= 4 is 11.7 Å². The monoisotopic (exact) mass is 283 g/mol. The highest BCUT2D eigenvalue weighted by Gasteiger charge is 2.19. The van der Waals surface area contributed by atoms with E-state index in [-0.39, 0.29) is 11.9 Å². The molecule has 1 atom stereocenters. The van der Waals surface area contributed by atoms with Crippen molar-refractivity contribution in [2.45, 2.75) is 26.7 Å². The third kappa shape index (κ3) is 4.35. The van der Waals surface area contributed by atoms with E-state index in [0.29, 0.717) is 12.2 Å². The quantitative estimate of drug-likeness (QED) is 0.516. The first-order valence-corrected chi connectivity index (χ1v) is 7.21. The van der Waals surface area contributed by atoms with Gasteiger partial charge in [-0.3, -0.25) is 4.79 Å². The highest BCUT2D eigenvalue weighted by Crippen LogP contribution is 2.18. The van der Waals surface area contributed by atoms with Gasteiger partial charge in [0.25, 0.3) is 0 Å². The molecule has 0 aliphatic heterocycles. The fourth-order valence-corrected chi connectivity index (χ4v) is 2.14. The minimum Gasteiger partial charge on any atom is -0.426 e. The third-order valence-corrected chi connectivity index (χ3v) is 3.53. The highest BCUT2D eigenvalue weighted by atomic mass is 16.5. The molecule has 0 amide bonds. The third-order valence-electron chi connectivity index (χ3n) is 3.53. The fourth-order valence-electron chi connectivity index (χ4n) is 2.14. The van der Waals surface area contributed by atoms with Gasteiger partial charge in [-0.25, -0.2) is 0 Å². The van der Waals surface area contributed by atoms with Gasteiger partial charge in [0, 0.05) is 5.69 Å². The molecule has 0 fully saturated rings. The molecule has 1 unspecified atom stereocenters. The molecule has 21 heavy (non-hydrogen) atoms. The second-order valence-electron chi connectivity index (χ2n) is 5.29. The zero-order chi connectivity index (χ0) is 15.2. The Morgan fingerprint density at radius 1 is 1.10 bits per heavy atom. The van der Waals surface area contributed by atoms with Crippen molar-refractivity contribution in [1.82, 2.24) is 0 Å². The maximum atomic E-state index is 12.3. The zero-order valence-corrected chi connectivity index (χ0v) is 12.5. The lowest BCUT2D eigenvalue weighted by atomic mass is 9.97. The van der Waals surface area contributed by atoms with Crippen molar-refractivity contribution in [3.05, 3.63) is 59.7 Å². The summed E-state index contributed by atoms with van der Waals surface area (Å²) in [5.74, 6) is 0.273. The smallest absolute Gasteiger partial charge is 0.314 e. The van der Waals surface area contributed by atoms with E-state index < -0.39 is 0 Å². The Labute approximate surface area is 125 Å². The van der Waals surface area contributed by atoms with E-state index in [0.717, 1.165) is 23.2 Å². The lowest BCUT2D eigenvalue weighted by molar-refractivity contribution is -0.139. The second kappa shape index (κ2) is 6.93. The van der Waals surface area contributed by atoms with Crippen LogP contribution in [0.5, 0.6) is 5.75 Å². The van der Waals surface area contributed by atoms with Crippen LogP contribution in [-0.4, -0.2) is 5.97 Å². The molecule has 0 radical (unpaired) electrons. The summed E-state index contributed by atoms with van der Waals surface area (Å²) in [4.78, 5) is 12.3. The largest absolute Gasteiger partial charge is 0.426 e. The minimum atomic E-state index is -0.182. The number of hydrogen-bond donors (Lipinski definition) is 1.